The van der Waals surface area contributed by atoms with Gasteiger partial charge in [-0.25, -0.2) is 4.39 Å². The molecule has 0 unspecified atom stereocenters. The minimum absolute atomic E-state index is 0.0128. The van der Waals surface area contributed by atoms with E-state index in [1.807, 2.05) is 0 Å². The number of benzene rings is 2. The second-order valence-corrected chi connectivity index (χ2v) is 5.30. The van der Waals surface area contributed by atoms with Gasteiger partial charge in [-0.2, -0.15) is 5.10 Å². The number of aromatic nitrogens is 2. The zero-order chi connectivity index (χ0) is 19.6. The third-order valence-corrected chi connectivity index (χ3v) is 3.55. The van der Waals surface area contributed by atoms with Crippen LogP contribution < -0.4 is 4.74 Å². The Morgan fingerprint density at radius 3 is 2.44 bits per heavy atom. The molecule has 10 heteroatoms. The first-order valence-electron chi connectivity index (χ1n) is 7.36. The van der Waals surface area contributed by atoms with Crippen molar-refractivity contribution >= 4 is 5.91 Å². The van der Waals surface area contributed by atoms with Crippen molar-refractivity contribution in [3.8, 4) is 28.3 Å². The molecule has 27 heavy (non-hydrogen) atoms. The second-order valence-electron chi connectivity index (χ2n) is 5.30. The Morgan fingerprint density at radius 2 is 1.81 bits per heavy atom. The lowest BCUT2D eigenvalue weighted by Gasteiger charge is -2.14. The van der Waals surface area contributed by atoms with Crippen molar-refractivity contribution in [1.82, 2.24) is 10.2 Å². The molecule has 1 amide bonds. The summed E-state index contributed by atoms with van der Waals surface area (Å²) in [6.45, 7) is 0. The number of alkyl halides is 3. The number of nitrogens with one attached hydrogen (secondary N) is 1. The number of halogens is 4. The summed E-state index contributed by atoms with van der Waals surface area (Å²) >= 11 is 0. The van der Waals surface area contributed by atoms with Crippen LogP contribution in [-0.2, 0) is 0 Å². The van der Waals surface area contributed by atoms with E-state index in [0.717, 1.165) is 18.2 Å². The number of hydrogen-bond donors (Lipinski definition) is 1. The largest absolute Gasteiger partial charge is 0.573 e. The van der Waals surface area contributed by atoms with Crippen LogP contribution in [0.4, 0.5) is 17.6 Å². The number of rotatable bonds is 4. The first-order valence-corrected chi connectivity index (χ1v) is 7.36. The number of H-pyrrole nitrogens is 1. The Hall–Kier alpha value is -3.56. The van der Waals surface area contributed by atoms with Crippen molar-refractivity contribution in [2.75, 3.05) is 0 Å². The highest BCUT2D eigenvalue weighted by Crippen LogP contribution is 2.37. The zero-order valence-electron chi connectivity index (χ0n) is 13.2. The summed E-state index contributed by atoms with van der Waals surface area (Å²) in [7, 11) is 0. The second kappa shape index (κ2) is 6.98. The van der Waals surface area contributed by atoms with Gasteiger partial charge in [0.05, 0.1) is 22.5 Å². The number of aromatic amines is 1. The lowest BCUT2D eigenvalue weighted by Crippen LogP contribution is -2.18. The molecular weight excluding hydrogens is 370 g/mol. The van der Waals surface area contributed by atoms with Crippen LogP contribution in [-0.4, -0.2) is 22.5 Å². The molecule has 0 atom stereocenters. The van der Waals surface area contributed by atoms with E-state index in [4.69, 9.17) is 0 Å². The number of nitrogens with zero attached hydrogens (tertiary/aromatic N) is 2. The van der Waals surface area contributed by atoms with Gasteiger partial charge in [-0.1, -0.05) is 6.07 Å². The molecule has 6 nitrogen and oxygen atoms in total. The Balaban J connectivity index is 2.13. The highest BCUT2D eigenvalue weighted by Gasteiger charge is 2.33. The van der Waals surface area contributed by atoms with Crippen molar-refractivity contribution in [3.05, 3.63) is 64.8 Å². The molecule has 0 bridgehead atoms. The van der Waals surface area contributed by atoms with Gasteiger partial charge in [0, 0.05) is 10.7 Å². The van der Waals surface area contributed by atoms with Crippen LogP contribution in [0.1, 0.15) is 10.4 Å². The lowest BCUT2D eigenvalue weighted by atomic mass is 10.0. The number of carbonyl (C=O) groups excluding carboxylic acids is 1. The van der Waals surface area contributed by atoms with E-state index in [9.17, 15) is 27.3 Å². The third-order valence-electron chi connectivity index (χ3n) is 3.55. The predicted molar refractivity (Wildman–Crippen MR) is 86.2 cm³/mol. The summed E-state index contributed by atoms with van der Waals surface area (Å²) in [5, 5.41) is 8.70. The fourth-order valence-electron chi connectivity index (χ4n) is 2.46. The molecule has 138 valence electrons. The molecule has 0 saturated heterocycles. The number of ether oxygens (including phenoxy) is 1. The summed E-state index contributed by atoms with van der Waals surface area (Å²) < 4.78 is 55.1. The molecule has 0 fully saturated rings. The van der Waals surface area contributed by atoms with Crippen molar-refractivity contribution in [2.24, 2.45) is 5.18 Å². The Morgan fingerprint density at radius 1 is 1.11 bits per heavy atom. The quantitative estimate of drug-likeness (QED) is 0.527. The number of nitroso groups, excluding NO2 is 1. The van der Waals surface area contributed by atoms with Gasteiger partial charge in [0.1, 0.15) is 11.6 Å². The standard InChI is InChI=1S/C17H9F4N3O3/c18-10-6-4-9(5-7-10)12-8-13(23-22-12)15-11(16(25)24-26)2-1-3-14(15)27-17(19,20)21/h1-8H,(H,22,23). The fraction of sp³-hybridized carbons (Fsp3) is 0.0588. The molecule has 1 aromatic heterocycles. The lowest BCUT2D eigenvalue weighted by molar-refractivity contribution is -0.274. The number of hydrogen-bond acceptors (Lipinski definition) is 4. The minimum Gasteiger partial charge on any atom is -0.405 e. The third kappa shape index (κ3) is 4.00. The maximum absolute atomic E-state index is 13.0. The fourth-order valence-corrected chi connectivity index (χ4v) is 2.46. The maximum atomic E-state index is 13.0. The Labute approximate surface area is 148 Å². The number of carbonyl (C=O) groups is 1. The van der Waals surface area contributed by atoms with Crippen LogP contribution in [0, 0.1) is 10.7 Å². The molecule has 1 heterocycles. The summed E-state index contributed by atoms with van der Waals surface area (Å²) in [5.74, 6) is -2.44. The van der Waals surface area contributed by atoms with Gasteiger partial charge in [0.15, 0.2) is 0 Å². The normalized spacial score (nSPS) is 11.3. The predicted octanol–water partition coefficient (Wildman–Crippen LogP) is 4.69. The highest BCUT2D eigenvalue weighted by molar-refractivity contribution is 6.02. The minimum atomic E-state index is -5.02. The van der Waals surface area contributed by atoms with Gasteiger partial charge < -0.3 is 4.74 Å². The molecule has 0 aliphatic rings. The topological polar surface area (TPSA) is 84.4 Å². The molecule has 0 radical (unpaired) electrons. The van der Waals surface area contributed by atoms with E-state index in [2.05, 4.69) is 20.1 Å². The van der Waals surface area contributed by atoms with E-state index in [-0.39, 0.29) is 22.5 Å². The molecule has 0 aliphatic heterocycles. The van der Waals surface area contributed by atoms with E-state index in [1.165, 1.54) is 30.3 Å². The van der Waals surface area contributed by atoms with Crippen LogP contribution in [0.15, 0.2) is 53.7 Å². The Kier molecular flexibility index (Phi) is 4.72. The van der Waals surface area contributed by atoms with Gasteiger partial charge in [0.2, 0.25) is 0 Å². The van der Waals surface area contributed by atoms with Crippen molar-refractivity contribution in [3.63, 3.8) is 0 Å². The maximum Gasteiger partial charge on any atom is 0.573 e. The number of amides is 1. The van der Waals surface area contributed by atoms with Crippen LogP contribution in [0.5, 0.6) is 5.75 Å². The smallest absolute Gasteiger partial charge is 0.405 e. The first kappa shape index (κ1) is 18.2. The average molecular weight is 379 g/mol. The molecule has 0 aliphatic carbocycles. The molecule has 0 saturated carbocycles. The molecular formula is C17H9F4N3O3. The summed E-state index contributed by atoms with van der Waals surface area (Å²) in [6.07, 6.45) is -5.02. The van der Waals surface area contributed by atoms with Crippen molar-refractivity contribution in [2.45, 2.75) is 6.36 Å². The highest BCUT2D eigenvalue weighted by atomic mass is 19.4. The summed E-state index contributed by atoms with van der Waals surface area (Å²) in [5.41, 5.74) is 0.0429. The summed E-state index contributed by atoms with van der Waals surface area (Å²) in [4.78, 5) is 22.4. The van der Waals surface area contributed by atoms with Crippen LogP contribution in [0.2, 0.25) is 0 Å². The van der Waals surface area contributed by atoms with Crippen molar-refractivity contribution < 1.29 is 27.1 Å². The van der Waals surface area contributed by atoms with Crippen LogP contribution in [0.3, 0.4) is 0 Å². The van der Waals surface area contributed by atoms with Crippen LogP contribution in [0.25, 0.3) is 22.5 Å². The van der Waals surface area contributed by atoms with Gasteiger partial charge in [-0.15, -0.1) is 18.1 Å². The van der Waals surface area contributed by atoms with Crippen molar-refractivity contribution in [1.29, 1.82) is 0 Å². The molecule has 1 N–H and O–H groups in total. The molecule has 0 spiro atoms. The average Bonchev–Trinajstić information content (AvgIpc) is 3.09. The van der Waals surface area contributed by atoms with Gasteiger partial charge in [-0.3, -0.25) is 9.89 Å². The van der Waals surface area contributed by atoms with Gasteiger partial charge >= 0.3 is 12.3 Å². The Bertz CT molecular complexity index is 997. The molecule has 2 aromatic carbocycles. The van der Waals surface area contributed by atoms with E-state index in [1.54, 1.807) is 0 Å². The van der Waals surface area contributed by atoms with E-state index < -0.39 is 23.8 Å². The van der Waals surface area contributed by atoms with Crippen LogP contribution >= 0.6 is 0 Å². The van der Waals surface area contributed by atoms with E-state index >= 15 is 0 Å². The van der Waals surface area contributed by atoms with Gasteiger partial charge in [-0.05, 0) is 42.5 Å². The zero-order valence-corrected chi connectivity index (χ0v) is 13.2. The monoisotopic (exact) mass is 379 g/mol. The molecule has 3 aromatic rings. The summed E-state index contributed by atoms with van der Waals surface area (Å²) in [6, 6.07) is 9.82. The van der Waals surface area contributed by atoms with Gasteiger partial charge in [0.25, 0.3) is 0 Å². The van der Waals surface area contributed by atoms with E-state index in [0.29, 0.717) is 5.56 Å². The SMILES string of the molecule is O=NC(=O)c1cccc(OC(F)(F)F)c1-c1cc(-c2ccc(F)cc2)n[nH]1. The molecule has 3 rings (SSSR count). The first-order chi connectivity index (χ1) is 12.8.